The number of carboxylic acid groups (broad SMARTS) is 1. The molecule has 1 heterocycles. The summed E-state index contributed by atoms with van der Waals surface area (Å²) < 4.78 is 31.2. The van der Waals surface area contributed by atoms with Crippen LogP contribution < -0.4 is 0 Å². The van der Waals surface area contributed by atoms with Crippen LogP contribution in [-0.2, 0) is 19.6 Å². The maximum Gasteiger partial charge on any atom is 0.310 e. The summed E-state index contributed by atoms with van der Waals surface area (Å²) in [6, 6.07) is -0.548. The molecule has 18 heavy (non-hydrogen) atoms. The van der Waals surface area contributed by atoms with E-state index in [2.05, 4.69) is 0 Å². The summed E-state index contributed by atoms with van der Waals surface area (Å²) in [6.07, 6.45) is 2.05. The van der Waals surface area contributed by atoms with Crippen LogP contribution in [0.15, 0.2) is 0 Å². The first-order valence-corrected chi connectivity index (χ1v) is 7.80. The third-order valence-corrected chi connectivity index (χ3v) is 5.88. The molecule has 0 radical (unpaired) electrons. The molecule has 7 heteroatoms. The molecule has 104 valence electrons. The summed E-state index contributed by atoms with van der Waals surface area (Å²) >= 11 is 0. The minimum absolute atomic E-state index is 0.0976. The Morgan fingerprint density at radius 2 is 2.06 bits per heavy atom. The Hall–Kier alpha value is -0.660. The number of nitrogens with zero attached hydrogens (tertiary/aromatic N) is 1. The van der Waals surface area contributed by atoms with E-state index < -0.39 is 28.0 Å². The zero-order valence-electron chi connectivity index (χ0n) is 10.4. The second-order valence-corrected chi connectivity index (χ2v) is 7.07. The summed E-state index contributed by atoms with van der Waals surface area (Å²) in [5.41, 5.74) is 0. The van der Waals surface area contributed by atoms with Crippen LogP contribution in [0.25, 0.3) is 0 Å². The van der Waals surface area contributed by atoms with Crippen LogP contribution in [0.5, 0.6) is 0 Å². The van der Waals surface area contributed by atoms with Crippen molar-refractivity contribution in [2.75, 3.05) is 19.8 Å². The topological polar surface area (TPSA) is 83.9 Å². The average Bonchev–Trinajstić information content (AvgIpc) is 3.05. The highest BCUT2D eigenvalue weighted by atomic mass is 32.2. The lowest BCUT2D eigenvalue weighted by atomic mass is 10.0. The summed E-state index contributed by atoms with van der Waals surface area (Å²) in [7, 11) is -3.35. The first-order valence-electron chi connectivity index (χ1n) is 6.29. The second-order valence-electron chi connectivity index (χ2n) is 4.90. The summed E-state index contributed by atoms with van der Waals surface area (Å²) in [5, 5.41) is 8.81. The quantitative estimate of drug-likeness (QED) is 0.754. The lowest BCUT2D eigenvalue weighted by Gasteiger charge is -2.29. The van der Waals surface area contributed by atoms with E-state index in [9.17, 15) is 13.2 Å². The van der Waals surface area contributed by atoms with E-state index in [0.29, 0.717) is 25.8 Å². The molecule has 1 saturated heterocycles. The Balaban J connectivity index is 2.21. The molecule has 1 N–H and O–H groups in total. The summed E-state index contributed by atoms with van der Waals surface area (Å²) in [6.45, 7) is 2.54. The van der Waals surface area contributed by atoms with Gasteiger partial charge in [0.1, 0.15) is 0 Å². The van der Waals surface area contributed by atoms with Crippen molar-refractivity contribution in [1.82, 2.24) is 4.31 Å². The maximum absolute atomic E-state index is 12.3. The Labute approximate surface area is 107 Å². The monoisotopic (exact) mass is 277 g/mol. The van der Waals surface area contributed by atoms with Gasteiger partial charge in [0.25, 0.3) is 0 Å². The highest BCUT2D eigenvalue weighted by Crippen LogP contribution is 2.34. The Kier molecular flexibility index (Phi) is 3.93. The molecular formula is C11H19NO5S. The molecule has 0 bridgehead atoms. The lowest BCUT2D eigenvalue weighted by molar-refractivity contribution is -0.142. The predicted octanol–water partition coefficient (Wildman–Crippen LogP) is 0.290. The molecule has 0 amide bonds. The molecule has 1 aliphatic carbocycles. The van der Waals surface area contributed by atoms with Gasteiger partial charge in [-0.3, -0.25) is 4.79 Å². The molecule has 2 unspecified atom stereocenters. The Bertz CT molecular complexity index is 417. The van der Waals surface area contributed by atoms with E-state index in [1.165, 1.54) is 4.31 Å². The summed E-state index contributed by atoms with van der Waals surface area (Å²) in [4.78, 5) is 11.1. The van der Waals surface area contributed by atoms with Crippen molar-refractivity contribution in [2.45, 2.75) is 37.5 Å². The van der Waals surface area contributed by atoms with Crippen LogP contribution in [-0.4, -0.2) is 54.8 Å². The number of carboxylic acids is 1. The molecular weight excluding hydrogens is 258 g/mol. The standard InChI is InChI=1S/C11H19NO5S/c1-2-5-12(18(15,16)8-3-4-8)10-7-17-6-9(10)11(13)14/h8-10H,2-7H2,1H3,(H,13,14). The van der Waals surface area contributed by atoms with Gasteiger partial charge in [-0.1, -0.05) is 6.92 Å². The van der Waals surface area contributed by atoms with Gasteiger partial charge < -0.3 is 9.84 Å². The van der Waals surface area contributed by atoms with E-state index in [1.54, 1.807) is 0 Å². The Morgan fingerprint density at radius 1 is 1.39 bits per heavy atom. The van der Waals surface area contributed by atoms with Crippen LogP contribution in [0.1, 0.15) is 26.2 Å². The molecule has 2 rings (SSSR count). The highest BCUT2D eigenvalue weighted by Gasteiger charge is 2.47. The van der Waals surface area contributed by atoms with Gasteiger partial charge in [0.05, 0.1) is 30.4 Å². The van der Waals surface area contributed by atoms with Gasteiger partial charge in [-0.25, -0.2) is 8.42 Å². The van der Waals surface area contributed by atoms with Crippen LogP contribution >= 0.6 is 0 Å². The van der Waals surface area contributed by atoms with Crippen molar-refractivity contribution in [2.24, 2.45) is 5.92 Å². The van der Waals surface area contributed by atoms with Crippen LogP contribution in [0.4, 0.5) is 0 Å². The lowest BCUT2D eigenvalue weighted by Crippen LogP contribution is -2.48. The van der Waals surface area contributed by atoms with E-state index in [4.69, 9.17) is 9.84 Å². The van der Waals surface area contributed by atoms with Crippen molar-refractivity contribution in [3.63, 3.8) is 0 Å². The van der Waals surface area contributed by atoms with E-state index in [-0.39, 0.29) is 18.5 Å². The van der Waals surface area contributed by atoms with Crippen molar-refractivity contribution in [3.8, 4) is 0 Å². The predicted molar refractivity (Wildman–Crippen MR) is 64.7 cm³/mol. The van der Waals surface area contributed by atoms with Crippen LogP contribution in [0, 0.1) is 5.92 Å². The number of rotatable bonds is 6. The van der Waals surface area contributed by atoms with E-state index in [1.807, 2.05) is 6.92 Å². The molecule has 2 fully saturated rings. The van der Waals surface area contributed by atoms with Gasteiger partial charge in [0, 0.05) is 6.54 Å². The van der Waals surface area contributed by atoms with Gasteiger partial charge >= 0.3 is 5.97 Å². The number of aliphatic carboxylic acids is 1. The van der Waals surface area contributed by atoms with Gasteiger partial charge in [-0.05, 0) is 19.3 Å². The fraction of sp³-hybridized carbons (Fsp3) is 0.909. The van der Waals surface area contributed by atoms with Crippen molar-refractivity contribution >= 4 is 16.0 Å². The molecule has 0 aromatic rings. The zero-order chi connectivity index (χ0) is 13.3. The number of carbonyl (C=O) groups is 1. The van der Waals surface area contributed by atoms with Crippen molar-refractivity contribution < 1.29 is 23.1 Å². The van der Waals surface area contributed by atoms with Crippen molar-refractivity contribution in [1.29, 1.82) is 0 Å². The molecule has 0 spiro atoms. The fourth-order valence-electron chi connectivity index (χ4n) is 2.32. The number of sulfonamides is 1. The van der Waals surface area contributed by atoms with Gasteiger partial charge in [0.15, 0.2) is 0 Å². The van der Waals surface area contributed by atoms with E-state index >= 15 is 0 Å². The van der Waals surface area contributed by atoms with Crippen LogP contribution in [0.3, 0.4) is 0 Å². The first kappa shape index (κ1) is 13.8. The molecule has 1 aliphatic heterocycles. The highest BCUT2D eigenvalue weighted by molar-refractivity contribution is 7.90. The second kappa shape index (κ2) is 5.14. The zero-order valence-corrected chi connectivity index (χ0v) is 11.2. The molecule has 1 saturated carbocycles. The average molecular weight is 277 g/mol. The fourth-order valence-corrected chi connectivity index (χ4v) is 4.46. The first-order chi connectivity index (χ1) is 8.48. The minimum Gasteiger partial charge on any atom is -0.481 e. The maximum atomic E-state index is 12.3. The normalized spacial score (nSPS) is 28.8. The minimum atomic E-state index is -3.35. The molecule has 6 nitrogen and oxygen atoms in total. The Morgan fingerprint density at radius 3 is 2.56 bits per heavy atom. The third-order valence-electron chi connectivity index (χ3n) is 3.45. The molecule has 0 aromatic heterocycles. The molecule has 2 aliphatic rings. The SMILES string of the molecule is CCCN(C1COCC1C(=O)O)S(=O)(=O)C1CC1. The number of hydrogen-bond acceptors (Lipinski definition) is 4. The largest absolute Gasteiger partial charge is 0.481 e. The van der Waals surface area contributed by atoms with E-state index in [0.717, 1.165) is 0 Å². The molecule has 2 atom stereocenters. The van der Waals surface area contributed by atoms with Gasteiger partial charge in [0.2, 0.25) is 10.0 Å². The van der Waals surface area contributed by atoms with Gasteiger partial charge in [-0.2, -0.15) is 4.31 Å². The van der Waals surface area contributed by atoms with Gasteiger partial charge in [-0.15, -0.1) is 0 Å². The van der Waals surface area contributed by atoms with Crippen molar-refractivity contribution in [3.05, 3.63) is 0 Å². The third kappa shape index (κ3) is 2.53. The summed E-state index contributed by atoms with van der Waals surface area (Å²) in [5.74, 6) is -1.73. The van der Waals surface area contributed by atoms with Crippen LogP contribution in [0.2, 0.25) is 0 Å². The number of hydrogen-bond donors (Lipinski definition) is 1. The smallest absolute Gasteiger partial charge is 0.310 e. The number of ether oxygens (including phenoxy) is 1. The molecule has 0 aromatic carbocycles.